The number of rotatable bonds is 5. The van der Waals surface area contributed by atoms with Crippen molar-refractivity contribution in [2.75, 3.05) is 12.5 Å². The number of nitrogens with one attached hydrogen (secondary N) is 1. The maximum Gasteiger partial charge on any atom is 0.165 e. The van der Waals surface area contributed by atoms with Gasteiger partial charge in [-0.1, -0.05) is 41.4 Å². The third kappa shape index (κ3) is 4.48. The topological polar surface area (TPSA) is 46.5 Å². The number of nitrogens with zero attached hydrogens (tertiary/aromatic N) is 2. The molecule has 0 aliphatic rings. The largest absolute Gasteiger partial charge is 0.496 e. The summed E-state index contributed by atoms with van der Waals surface area (Å²) in [7, 11) is 1.64. The standard InChI is InChI=1S/C15H13Cl2N3O/c1-21-14-7-3-2-5-11(14)6-4-8-19-20-15-13(17)9-12(16)10-18-15/h2-10H,1H3,(H,18,20). The van der Waals surface area contributed by atoms with Gasteiger partial charge < -0.3 is 4.74 Å². The van der Waals surface area contributed by atoms with E-state index in [0.29, 0.717) is 15.9 Å². The summed E-state index contributed by atoms with van der Waals surface area (Å²) in [5.41, 5.74) is 3.71. The molecule has 108 valence electrons. The molecule has 1 N–H and O–H groups in total. The van der Waals surface area contributed by atoms with Crippen molar-refractivity contribution in [2.24, 2.45) is 5.10 Å². The number of pyridine rings is 1. The molecule has 0 saturated carbocycles. The molecule has 0 fully saturated rings. The number of methoxy groups -OCH3 is 1. The van der Waals surface area contributed by atoms with Crippen molar-refractivity contribution < 1.29 is 4.74 Å². The van der Waals surface area contributed by atoms with E-state index >= 15 is 0 Å². The van der Waals surface area contributed by atoms with Crippen molar-refractivity contribution in [2.45, 2.75) is 0 Å². The van der Waals surface area contributed by atoms with Crippen molar-refractivity contribution in [3.05, 3.63) is 58.2 Å². The van der Waals surface area contributed by atoms with E-state index < -0.39 is 0 Å². The number of hydrogen-bond donors (Lipinski definition) is 1. The summed E-state index contributed by atoms with van der Waals surface area (Å²) in [6, 6.07) is 9.30. The molecular weight excluding hydrogens is 309 g/mol. The van der Waals surface area contributed by atoms with Crippen molar-refractivity contribution in [1.82, 2.24) is 4.98 Å². The van der Waals surface area contributed by atoms with Crippen LogP contribution in [0, 0.1) is 0 Å². The van der Waals surface area contributed by atoms with Crippen molar-refractivity contribution >= 4 is 41.3 Å². The van der Waals surface area contributed by atoms with Gasteiger partial charge >= 0.3 is 0 Å². The van der Waals surface area contributed by atoms with Crippen LogP contribution in [0.2, 0.25) is 10.0 Å². The number of para-hydroxylation sites is 1. The second-order valence-corrected chi connectivity index (χ2v) is 4.82. The molecule has 4 nitrogen and oxygen atoms in total. The molecule has 0 radical (unpaired) electrons. The number of ether oxygens (including phenoxy) is 1. The predicted molar refractivity (Wildman–Crippen MR) is 88.4 cm³/mol. The molecule has 21 heavy (non-hydrogen) atoms. The van der Waals surface area contributed by atoms with Gasteiger partial charge in [0.2, 0.25) is 0 Å². The molecule has 1 aromatic carbocycles. The Hall–Kier alpha value is -2.04. The lowest BCUT2D eigenvalue weighted by molar-refractivity contribution is 0.414. The van der Waals surface area contributed by atoms with Crippen molar-refractivity contribution in [1.29, 1.82) is 0 Å². The molecule has 1 heterocycles. The minimum Gasteiger partial charge on any atom is -0.496 e. The zero-order valence-electron chi connectivity index (χ0n) is 11.3. The monoisotopic (exact) mass is 321 g/mol. The Morgan fingerprint density at radius 1 is 1.29 bits per heavy atom. The van der Waals surface area contributed by atoms with E-state index in [2.05, 4.69) is 15.5 Å². The number of hydrogen-bond acceptors (Lipinski definition) is 4. The normalized spacial score (nSPS) is 11.2. The molecule has 1 aromatic heterocycles. The Bertz CT molecular complexity index is 672. The Labute approximate surface area is 133 Å². The Morgan fingerprint density at radius 3 is 2.86 bits per heavy atom. The van der Waals surface area contributed by atoms with E-state index in [1.54, 1.807) is 25.5 Å². The van der Waals surface area contributed by atoms with E-state index in [1.807, 2.05) is 30.3 Å². The summed E-state index contributed by atoms with van der Waals surface area (Å²) < 4.78 is 5.25. The van der Waals surface area contributed by atoms with Gasteiger partial charge in [0.15, 0.2) is 5.82 Å². The average molecular weight is 322 g/mol. The van der Waals surface area contributed by atoms with Gasteiger partial charge in [-0.3, -0.25) is 5.43 Å². The second kappa shape index (κ2) is 7.67. The van der Waals surface area contributed by atoms with Gasteiger partial charge in [0.05, 0.1) is 17.2 Å². The highest BCUT2D eigenvalue weighted by Crippen LogP contribution is 2.22. The summed E-state index contributed by atoms with van der Waals surface area (Å²) in [4.78, 5) is 4.03. The highest BCUT2D eigenvalue weighted by molar-refractivity contribution is 6.35. The number of allylic oxidation sites excluding steroid dienone is 1. The number of benzene rings is 1. The molecule has 0 saturated heterocycles. The quantitative estimate of drug-likeness (QED) is 0.651. The third-order valence-electron chi connectivity index (χ3n) is 2.55. The van der Waals surface area contributed by atoms with Gasteiger partial charge in [0.1, 0.15) is 5.75 Å². The molecular formula is C15H13Cl2N3O. The molecule has 0 unspecified atom stereocenters. The van der Waals surface area contributed by atoms with Crippen LogP contribution in [0.25, 0.3) is 6.08 Å². The summed E-state index contributed by atoms with van der Waals surface area (Å²) in [6.45, 7) is 0. The number of halogens is 2. The lowest BCUT2D eigenvalue weighted by Gasteiger charge is -2.02. The van der Waals surface area contributed by atoms with Crippen molar-refractivity contribution in [3.8, 4) is 5.75 Å². The minimum atomic E-state index is 0.411. The summed E-state index contributed by atoms with van der Waals surface area (Å²) in [6.07, 6.45) is 6.77. The predicted octanol–water partition coefficient (Wildman–Crippen LogP) is 4.51. The molecule has 6 heteroatoms. The van der Waals surface area contributed by atoms with Gasteiger partial charge in [-0.15, -0.1) is 0 Å². The van der Waals surface area contributed by atoms with E-state index in [-0.39, 0.29) is 0 Å². The molecule has 0 bridgehead atoms. The smallest absolute Gasteiger partial charge is 0.165 e. The van der Waals surface area contributed by atoms with Crippen LogP contribution in [-0.4, -0.2) is 18.3 Å². The highest BCUT2D eigenvalue weighted by atomic mass is 35.5. The number of anilines is 1. The minimum absolute atomic E-state index is 0.411. The first kappa shape index (κ1) is 15.4. The van der Waals surface area contributed by atoms with E-state index in [9.17, 15) is 0 Å². The fraction of sp³-hybridized carbons (Fsp3) is 0.0667. The lowest BCUT2D eigenvalue weighted by atomic mass is 10.2. The SMILES string of the molecule is COc1ccccc1C=CC=NNc1ncc(Cl)cc1Cl. The number of hydrazone groups is 1. The Morgan fingerprint density at radius 2 is 2.10 bits per heavy atom. The van der Waals surface area contributed by atoms with E-state index in [1.165, 1.54) is 6.20 Å². The van der Waals surface area contributed by atoms with E-state index in [4.69, 9.17) is 27.9 Å². The first-order valence-corrected chi connectivity index (χ1v) is 6.86. The van der Waals surface area contributed by atoms with Crippen LogP contribution in [0.4, 0.5) is 5.82 Å². The highest BCUT2D eigenvalue weighted by Gasteiger charge is 2.00. The first-order valence-electron chi connectivity index (χ1n) is 6.10. The number of aromatic nitrogens is 1. The van der Waals surface area contributed by atoms with Crippen LogP contribution in [-0.2, 0) is 0 Å². The Balaban J connectivity index is 1.97. The third-order valence-corrected chi connectivity index (χ3v) is 3.05. The van der Waals surface area contributed by atoms with Crippen LogP contribution >= 0.6 is 23.2 Å². The molecule has 2 rings (SSSR count). The molecule has 2 aromatic rings. The lowest BCUT2D eigenvalue weighted by Crippen LogP contribution is -1.92. The summed E-state index contributed by atoms with van der Waals surface area (Å²) >= 11 is 11.7. The first-order chi connectivity index (χ1) is 10.2. The van der Waals surface area contributed by atoms with Gasteiger partial charge in [-0.2, -0.15) is 5.10 Å². The van der Waals surface area contributed by atoms with Crippen molar-refractivity contribution in [3.63, 3.8) is 0 Å². The zero-order chi connectivity index (χ0) is 15.1. The summed E-state index contributed by atoms with van der Waals surface area (Å²) in [5, 5.41) is 4.90. The zero-order valence-corrected chi connectivity index (χ0v) is 12.8. The van der Waals surface area contributed by atoms with Gasteiger partial charge in [-0.05, 0) is 24.3 Å². The second-order valence-electron chi connectivity index (χ2n) is 3.98. The van der Waals surface area contributed by atoms with Crippen LogP contribution in [0.5, 0.6) is 5.75 Å². The molecule has 0 aliphatic carbocycles. The molecule has 0 spiro atoms. The molecule has 0 amide bonds. The molecule has 0 atom stereocenters. The van der Waals surface area contributed by atoms with Gasteiger partial charge in [-0.25, -0.2) is 4.98 Å². The Kier molecular flexibility index (Phi) is 5.60. The fourth-order valence-electron chi connectivity index (χ4n) is 1.59. The van der Waals surface area contributed by atoms with Crippen LogP contribution in [0.1, 0.15) is 5.56 Å². The maximum atomic E-state index is 5.96. The fourth-order valence-corrected chi connectivity index (χ4v) is 2.01. The van der Waals surface area contributed by atoms with E-state index in [0.717, 1.165) is 11.3 Å². The molecule has 0 aliphatic heterocycles. The van der Waals surface area contributed by atoms with Crippen LogP contribution < -0.4 is 10.2 Å². The average Bonchev–Trinajstić information content (AvgIpc) is 2.49. The maximum absolute atomic E-state index is 5.96. The van der Waals surface area contributed by atoms with Gasteiger partial charge in [0, 0.05) is 18.0 Å². The van der Waals surface area contributed by atoms with Gasteiger partial charge in [0.25, 0.3) is 0 Å². The van der Waals surface area contributed by atoms with Crippen LogP contribution in [0.15, 0.2) is 47.7 Å². The summed E-state index contributed by atoms with van der Waals surface area (Å²) in [5.74, 6) is 1.25. The van der Waals surface area contributed by atoms with Crippen LogP contribution in [0.3, 0.4) is 0 Å².